The first-order valence-corrected chi connectivity index (χ1v) is 7.35. The number of benzene rings is 2. The van der Waals surface area contributed by atoms with Crippen LogP contribution >= 0.6 is 23.2 Å². The zero-order valence-corrected chi connectivity index (χ0v) is 13.2. The molecule has 116 valence electrons. The van der Waals surface area contributed by atoms with Gasteiger partial charge in [-0.3, -0.25) is 4.79 Å². The second-order valence-corrected chi connectivity index (χ2v) is 5.49. The molecule has 1 heterocycles. The maximum absolute atomic E-state index is 12.3. The van der Waals surface area contributed by atoms with Gasteiger partial charge >= 0.3 is 0 Å². The van der Waals surface area contributed by atoms with Crippen LogP contribution in [0.25, 0.3) is 5.69 Å². The fourth-order valence-electron chi connectivity index (χ4n) is 1.98. The van der Waals surface area contributed by atoms with E-state index in [1.54, 1.807) is 12.1 Å². The lowest BCUT2D eigenvalue weighted by Gasteiger charge is -2.06. The molecule has 6 nitrogen and oxygen atoms in total. The number of halogens is 2. The summed E-state index contributed by atoms with van der Waals surface area (Å²) in [6.45, 7) is 0. The van der Waals surface area contributed by atoms with E-state index in [2.05, 4.69) is 15.6 Å². The number of nitrogen functional groups attached to an aromatic ring is 1. The van der Waals surface area contributed by atoms with Gasteiger partial charge < -0.3 is 11.1 Å². The van der Waals surface area contributed by atoms with E-state index < -0.39 is 5.91 Å². The lowest BCUT2D eigenvalue weighted by atomic mass is 10.3. The smallest absolute Gasteiger partial charge is 0.280 e. The van der Waals surface area contributed by atoms with Gasteiger partial charge in [0, 0.05) is 5.02 Å². The van der Waals surface area contributed by atoms with Gasteiger partial charge in [-0.25, -0.2) is 0 Å². The molecule has 0 aliphatic carbocycles. The minimum absolute atomic E-state index is 0.0138. The number of rotatable bonds is 3. The summed E-state index contributed by atoms with van der Waals surface area (Å²) in [7, 11) is 0. The van der Waals surface area contributed by atoms with Crippen molar-refractivity contribution >= 4 is 40.6 Å². The van der Waals surface area contributed by atoms with Gasteiger partial charge in [-0.2, -0.15) is 4.68 Å². The van der Waals surface area contributed by atoms with Crippen LogP contribution in [0.15, 0.2) is 48.5 Å². The van der Waals surface area contributed by atoms with Gasteiger partial charge in [0.05, 0.1) is 16.4 Å². The molecule has 2 aromatic carbocycles. The number of hydrogen-bond donors (Lipinski definition) is 2. The number of carbonyl (C=O) groups is 1. The van der Waals surface area contributed by atoms with Crippen molar-refractivity contribution in [3.05, 3.63) is 64.3 Å². The number of anilines is 2. The normalized spacial score (nSPS) is 10.5. The van der Waals surface area contributed by atoms with Crippen molar-refractivity contribution in [1.29, 1.82) is 0 Å². The lowest BCUT2D eigenvalue weighted by Crippen LogP contribution is -2.15. The van der Waals surface area contributed by atoms with E-state index in [1.807, 2.05) is 30.3 Å². The van der Waals surface area contributed by atoms with Crippen LogP contribution in [0.1, 0.15) is 10.5 Å². The van der Waals surface area contributed by atoms with Crippen molar-refractivity contribution in [3.8, 4) is 5.69 Å². The number of nitrogens with two attached hydrogens (primary N) is 1. The summed E-state index contributed by atoms with van der Waals surface area (Å²) < 4.78 is 1.39. The average Bonchev–Trinajstić information content (AvgIpc) is 2.92. The summed E-state index contributed by atoms with van der Waals surface area (Å²) in [5, 5.41) is 11.2. The predicted octanol–water partition coefficient (Wildman–Crippen LogP) is 3.41. The first-order chi connectivity index (χ1) is 11.1. The van der Waals surface area contributed by atoms with Gasteiger partial charge in [-0.05, 0) is 30.3 Å². The molecule has 1 amide bonds. The second kappa shape index (κ2) is 6.28. The van der Waals surface area contributed by atoms with E-state index in [1.165, 1.54) is 10.7 Å². The van der Waals surface area contributed by atoms with Crippen molar-refractivity contribution in [2.24, 2.45) is 0 Å². The van der Waals surface area contributed by atoms with Crippen LogP contribution < -0.4 is 11.1 Å². The van der Waals surface area contributed by atoms with Crippen molar-refractivity contribution in [3.63, 3.8) is 0 Å². The highest BCUT2D eigenvalue weighted by atomic mass is 35.5. The third-order valence-corrected chi connectivity index (χ3v) is 3.65. The Morgan fingerprint density at radius 2 is 1.87 bits per heavy atom. The Balaban J connectivity index is 1.88. The number of aromatic nitrogens is 3. The van der Waals surface area contributed by atoms with Crippen molar-refractivity contribution in [2.75, 3.05) is 11.1 Å². The predicted molar refractivity (Wildman–Crippen MR) is 90.2 cm³/mol. The number of carbonyl (C=O) groups excluding carboxylic acids is 1. The van der Waals surface area contributed by atoms with Crippen LogP contribution in [0.5, 0.6) is 0 Å². The number of hydrogen-bond acceptors (Lipinski definition) is 4. The highest BCUT2D eigenvalue weighted by Gasteiger charge is 2.19. The van der Waals surface area contributed by atoms with Gasteiger partial charge in [0.2, 0.25) is 0 Å². The van der Waals surface area contributed by atoms with Crippen LogP contribution in [0.3, 0.4) is 0 Å². The van der Waals surface area contributed by atoms with Crippen molar-refractivity contribution in [2.45, 2.75) is 0 Å². The van der Waals surface area contributed by atoms with Gasteiger partial charge in [0.25, 0.3) is 5.91 Å². The van der Waals surface area contributed by atoms with Crippen LogP contribution in [0.2, 0.25) is 10.0 Å². The minimum Gasteiger partial charge on any atom is -0.382 e. The molecule has 3 N–H and O–H groups in total. The SMILES string of the molecule is Nc1c(C(=O)Nc2ccc(Cl)cc2Cl)nnn1-c1ccccc1. The van der Waals surface area contributed by atoms with E-state index >= 15 is 0 Å². The average molecular weight is 348 g/mol. The molecule has 0 saturated heterocycles. The summed E-state index contributed by atoms with van der Waals surface area (Å²) in [4.78, 5) is 12.3. The molecule has 1 aromatic heterocycles. The summed E-state index contributed by atoms with van der Waals surface area (Å²) in [6.07, 6.45) is 0. The summed E-state index contributed by atoms with van der Waals surface area (Å²) in [5.74, 6) is -0.368. The van der Waals surface area contributed by atoms with Gasteiger partial charge in [-0.1, -0.05) is 46.6 Å². The van der Waals surface area contributed by atoms with E-state index in [9.17, 15) is 4.79 Å². The van der Waals surface area contributed by atoms with E-state index in [0.29, 0.717) is 21.4 Å². The topological polar surface area (TPSA) is 85.8 Å². The Kier molecular flexibility index (Phi) is 4.18. The van der Waals surface area contributed by atoms with E-state index in [-0.39, 0.29) is 11.5 Å². The zero-order chi connectivity index (χ0) is 16.4. The molecule has 3 aromatic rings. The van der Waals surface area contributed by atoms with Gasteiger partial charge in [-0.15, -0.1) is 5.10 Å². The molecule has 23 heavy (non-hydrogen) atoms. The van der Waals surface area contributed by atoms with Crippen LogP contribution in [-0.4, -0.2) is 20.9 Å². The van der Waals surface area contributed by atoms with Crippen molar-refractivity contribution < 1.29 is 4.79 Å². The number of nitrogens with one attached hydrogen (secondary N) is 1. The standard InChI is InChI=1S/C15H11Cl2N5O/c16-9-6-7-12(11(17)8-9)19-15(23)13-14(18)22(21-20-13)10-4-2-1-3-5-10/h1-8H,18H2,(H,19,23). The van der Waals surface area contributed by atoms with Gasteiger partial charge in [0.1, 0.15) is 0 Å². The highest BCUT2D eigenvalue weighted by molar-refractivity contribution is 6.36. The van der Waals surface area contributed by atoms with Crippen molar-refractivity contribution in [1.82, 2.24) is 15.0 Å². The third kappa shape index (κ3) is 3.13. The monoisotopic (exact) mass is 347 g/mol. The molecule has 0 aliphatic heterocycles. The fraction of sp³-hybridized carbons (Fsp3) is 0. The van der Waals surface area contributed by atoms with Crippen LogP contribution in [-0.2, 0) is 0 Å². The molecular formula is C15H11Cl2N5O. The van der Waals surface area contributed by atoms with E-state index in [0.717, 1.165) is 0 Å². The molecule has 8 heteroatoms. The number of amides is 1. The molecule has 0 bridgehead atoms. The Bertz CT molecular complexity index is 864. The Morgan fingerprint density at radius 1 is 1.13 bits per heavy atom. The lowest BCUT2D eigenvalue weighted by molar-refractivity contribution is 0.102. The fourth-order valence-corrected chi connectivity index (χ4v) is 2.44. The largest absolute Gasteiger partial charge is 0.382 e. The molecule has 0 spiro atoms. The zero-order valence-electron chi connectivity index (χ0n) is 11.7. The molecule has 0 unspecified atom stereocenters. The second-order valence-electron chi connectivity index (χ2n) is 4.65. The first kappa shape index (κ1) is 15.3. The molecule has 0 radical (unpaired) electrons. The maximum Gasteiger partial charge on any atom is 0.280 e. The quantitative estimate of drug-likeness (QED) is 0.760. The molecular weight excluding hydrogens is 337 g/mol. The summed E-state index contributed by atoms with van der Waals surface area (Å²) in [5.41, 5.74) is 7.11. The number of nitrogens with zero attached hydrogens (tertiary/aromatic N) is 3. The van der Waals surface area contributed by atoms with Crippen LogP contribution in [0, 0.1) is 0 Å². The Labute approximate surface area is 141 Å². The highest BCUT2D eigenvalue weighted by Crippen LogP contribution is 2.26. The molecule has 0 atom stereocenters. The Morgan fingerprint density at radius 3 is 2.57 bits per heavy atom. The minimum atomic E-state index is -0.506. The molecule has 3 rings (SSSR count). The maximum atomic E-state index is 12.3. The van der Waals surface area contributed by atoms with Crippen LogP contribution in [0.4, 0.5) is 11.5 Å². The number of para-hydroxylation sites is 1. The molecule has 0 saturated carbocycles. The third-order valence-electron chi connectivity index (χ3n) is 3.10. The van der Waals surface area contributed by atoms with E-state index in [4.69, 9.17) is 28.9 Å². The summed E-state index contributed by atoms with van der Waals surface area (Å²) in [6, 6.07) is 13.9. The molecule has 0 aliphatic rings. The first-order valence-electron chi connectivity index (χ1n) is 6.59. The molecule has 0 fully saturated rings. The summed E-state index contributed by atoms with van der Waals surface area (Å²) >= 11 is 11.9. The van der Waals surface area contributed by atoms with Gasteiger partial charge in [0.15, 0.2) is 11.5 Å². The Hall–Kier alpha value is -2.57.